The summed E-state index contributed by atoms with van der Waals surface area (Å²) in [6, 6.07) is 14.0. The van der Waals surface area contributed by atoms with Gasteiger partial charge < -0.3 is 19.4 Å². The van der Waals surface area contributed by atoms with Gasteiger partial charge in [-0.25, -0.2) is 0 Å². The average molecular weight is 419 g/mol. The van der Waals surface area contributed by atoms with Crippen LogP contribution in [0.4, 0.5) is 0 Å². The molecule has 0 bridgehead atoms. The Kier molecular flexibility index (Phi) is 5.48. The Labute approximate surface area is 176 Å². The van der Waals surface area contributed by atoms with Gasteiger partial charge in [0.1, 0.15) is 0 Å². The largest absolute Gasteiger partial charge is 0.343 e. The number of carbonyl (C=O) groups excluding carboxylic acids is 1. The number of amides is 1. The van der Waals surface area contributed by atoms with Gasteiger partial charge in [-0.05, 0) is 36.2 Å². The Morgan fingerprint density at radius 1 is 1.16 bits per heavy atom. The van der Waals surface area contributed by atoms with Gasteiger partial charge >= 0.3 is 11.1 Å². The Morgan fingerprint density at radius 3 is 2.68 bits per heavy atom. The number of aromatic nitrogens is 4. The van der Waals surface area contributed by atoms with Crippen molar-refractivity contribution >= 4 is 16.9 Å². The van der Waals surface area contributed by atoms with E-state index in [2.05, 4.69) is 20.4 Å². The van der Waals surface area contributed by atoms with Crippen molar-refractivity contribution in [2.75, 3.05) is 0 Å². The summed E-state index contributed by atoms with van der Waals surface area (Å²) in [7, 11) is 0. The first-order valence-corrected chi connectivity index (χ1v) is 9.85. The van der Waals surface area contributed by atoms with E-state index in [0.717, 1.165) is 0 Å². The van der Waals surface area contributed by atoms with Crippen molar-refractivity contribution in [1.29, 1.82) is 0 Å². The fraction of sp³-hybridized carbons (Fsp3) is 0.227. The molecule has 2 aromatic carbocycles. The monoisotopic (exact) mass is 419 g/mol. The van der Waals surface area contributed by atoms with Crippen molar-refractivity contribution in [3.8, 4) is 11.4 Å². The second-order valence-corrected chi connectivity index (χ2v) is 7.56. The van der Waals surface area contributed by atoms with Gasteiger partial charge in [-0.3, -0.25) is 14.4 Å². The van der Waals surface area contributed by atoms with Crippen LogP contribution in [-0.2, 0) is 13.1 Å². The van der Waals surface area contributed by atoms with E-state index in [0.29, 0.717) is 34.5 Å². The molecule has 2 N–H and O–H groups in total. The third kappa shape index (κ3) is 4.30. The molecule has 158 valence electrons. The maximum absolute atomic E-state index is 12.3. The van der Waals surface area contributed by atoms with Gasteiger partial charge in [0.15, 0.2) is 0 Å². The van der Waals surface area contributed by atoms with Crippen LogP contribution < -0.4 is 16.4 Å². The molecule has 0 radical (unpaired) electrons. The van der Waals surface area contributed by atoms with Crippen molar-refractivity contribution in [2.24, 2.45) is 5.92 Å². The number of rotatable bonds is 6. The molecule has 0 aliphatic rings. The highest BCUT2D eigenvalue weighted by Gasteiger charge is 2.14. The number of hydrogen-bond donors (Lipinski definition) is 2. The lowest BCUT2D eigenvalue weighted by Gasteiger charge is -2.12. The van der Waals surface area contributed by atoms with E-state index in [1.807, 2.05) is 19.9 Å². The number of carbonyl (C=O) groups is 1. The molecule has 9 nitrogen and oxygen atoms in total. The molecule has 2 heterocycles. The van der Waals surface area contributed by atoms with Gasteiger partial charge in [-0.2, -0.15) is 4.98 Å². The van der Waals surface area contributed by atoms with Crippen LogP contribution in [0.3, 0.4) is 0 Å². The molecule has 0 fully saturated rings. The molecule has 9 heteroatoms. The highest BCUT2D eigenvalue weighted by Crippen LogP contribution is 2.20. The van der Waals surface area contributed by atoms with Crippen molar-refractivity contribution in [3.63, 3.8) is 0 Å². The standard InChI is InChI=1S/C22H21N5O4/c1-13(2)12-27-17-9-8-15(10-16(17)24-21(29)22(27)30)19-25-18(31-26-19)11-23-20(28)14-6-4-3-5-7-14/h3-10,13H,11-12H2,1-2H3,(H,23,28)(H,24,29). The van der Waals surface area contributed by atoms with E-state index in [9.17, 15) is 14.4 Å². The number of hydrogen-bond acceptors (Lipinski definition) is 6. The van der Waals surface area contributed by atoms with Crippen LogP contribution in [0.15, 0.2) is 62.6 Å². The lowest BCUT2D eigenvalue weighted by atomic mass is 10.1. The second kappa shape index (κ2) is 8.39. The summed E-state index contributed by atoms with van der Waals surface area (Å²) in [6.45, 7) is 4.47. The van der Waals surface area contributed by atoms with Crippen molar-refractivity contribution < 1.29 is 9.32 Å². The molecule has 0 saturated heterocycles. The SMILES string of the molecule is CC(C)Cn1c(=O)c(=O)[nH]c2cc(-c3noc(CNC(=O)c4ccccc4)n3)ccc21. The summed E-state index contributed by atoms with van der Waals surface area (Å²) >= 11 is 0. The fourth-order valence-electron chi connectivity index (χ4n) is 3.26. The summed E-state index contributed by atoms with van der Waals surface area (Å²) in [5.74, 6) is 0.519. The maximum atomic E-state index is 12.3. The Morgan fingerprint density at radius 2 is 1.94 bits per heavy atom. The van der Waals surface area contributed by atoms with Gasteiger partial charge in [0.2, 0.25) is 11.7 Å². The molecule has 0 aliphatic heterocycles. The molecule has 0 atom stereocenters. The summed E-state index contributed by atoms with van der Waals surface area (Å²) in [6.07, 6.45) is 0. The van der Waals surface area contributed by atoms with Crippen LogP contribution >= 0.6 is 0 Å². The number of H-pyrrole nitrogens is 1. The molecule has 1 amide bonds. The Balaban J connectivity index is 1.58. The van der Waals surface area contributed by atoms with Crippen molar-refractivity contribution in [3.05, 3.63) is 80.7 Å². The predicted octanol–water partition coefficient (Wildman–Crippen LogP) is 2.33. The van der Waals surface area contributed by atoms with Crippen LogP contribution in [0.25, 0.3) is 22.4 Å². The number of nitrogens with one attached hydrogen (secondary N) is 2. The van der Waals surface area contributed by atoms with Crippen LogP contribution in [0.1, 0.15) is 30.1 Å². The van der Waals surface area contributed by atoms with Gasteiger partial charge in [0, 0.05) is 17.7 Å². The minimum Gasteiger partial charge on any atom is -0.343 e. The number of nitrogens with zero attached hydrogens (tertiary/aromatic N) is 3. The molecule has 0 aliphatic carbocycles. The third-order valence-electron chi connectivity index (χ3n) is 4.69. The molecule has 2 aromatic heterocycles. The summed E-state index contributed by atoms with van der Waals surface area (Å²) in [4.78, 5) is 43.4. The smallest absolute Gasteiger partial charge is 0.316 e. The van der Waals surface area contributed by atoms with E-state index in [-0.39, 0.29) is 24.3 Å². The van der Waals surface area contributed by atoms with Crippen LogP contribution in [-0.4, -0.2) is 25.6 Å². The minimum absolute atomic E-state index is 0.0824. The molecule has 4 rings (SSSR count). The molecular formula is C22H21N5O4. The van der Waals surface area contributed by atoms with Crippen molar-refractivity contribution in [2.45, 2.75) is 26.9 Å². The number of fused-ring (bicyclic) bond motifs is 1. The highest BCUT2D eigenvalue weighted by molar-refractivity contribution is 5.94. The summed E-state index contributed by atoms with van der Waals surface area (Å²) < 4.78 is 6.71. The number of aromatic amines is 1. The quantitative estimate of drug-likeness (QED) is 0.463. The molecular weight excluding hydrogens is 398 g/mol. The van der Waals surface area contributed by atoms with E-state index < -0.39 is 11.1 Å². The van der Waals surface area contributed by atoms with Gasteiger partial charge in [0.05, 0.1) is 17.6 Å². The summed E-state index contributed by atoms with van der Waals surface area (Å²) in [5, 5.41) is 6.69. The first-order valence-electron chi connectivity index (χ1n) is 9.85. The number of benzene rings is 2. The van der Waals surface area contributed by atoms with E-state index >= 15 is 0 Å². The second-order valence-electron chi connectivity index (χ2n) is 7.56. The van der Waals surface area contributed by atoms with E-state index in [4.69, 9.17) is 4.52 Å². The highest BCUT2D eigenvalue weighted by atomic mass is 16.5. The predicted molar refractivity (Wildman–Crippen MR) is 115 cm³/mol. The topological polar surface area (TPSA) is 123 Å². The molecule has 0 unspecified atom stereocenters. The van der Waals surface area contributed by atoms with E-state index in [1.165, 1.54) is 4.57 Å². The Bertz CT molecular complexity index is 1350. The molecule has 31 heavy (non-hydrogen) atoms. The summed E-state index contributed by atoms with van der Waals surface area (Å²) in [5.41, 5.74) is 1.02. The maximum Gasteiger partial charge on any atom is 0.316 e. The fourth-order valence-corrected chi connectivity index (χ4v) is 3.26. The van der Waals surface area contributed by atoms with Gasteiger partial charge in [-0.1, -0.05) is 37.2 Å². The zero-order chi connectivity index (χ0) is 22.0. The third-order valence-corrected chi connectivity index (χ3v) is 4.69. The first kappa shape index (κ1) is 20.3. The van der Waals surface area contributed by atoms with Crippen LogP contribution in [0, 0.1) is 5.92 Å². The lowest BCUT2D eigenvalue weighted by molar-refractivity contribution is 0.0946. The van der Waals surface area contributed by atoms with Crippen molar-refractivity contribution in [1.82, 2.24) is 25.0 Å². The zero-order valence-corrected chi connectivity index (χ0v) is 17.1. The lowest BCUT2D eigenvalue weighted by Crippen LogP contribution is -2.37. The van der Waals surface area contributed by atoms with Gasteiger partial charge in [-0.15, -0.1) is 0 Å². The minimum atomic E-state index is -0.678. The van der Waals surface area contributed by atoms with E-state index in [1.54, 1.807) is 42.5 Å². The zero-order valence-electron chi connectivity index (χ0n) is 17.1. The Hall–Kier alpha value is -4.01. The molecule has 0 saturated carbocycles. The van der Waals surface area contributed by atoms with Crippen LogP contribution in [0.2, 0.25) is 0 Å². The van der Waals surface area contributed by atoms with Crippen LogP contribution in [0.5, 0.6) is 0 Å². The average Bonchev–Trinajstić information content (AvgIpc) is 3.24. The molecule has 4 aromatic rings. The molecule has 0 spiro atoms. The first-order chi connectivity index (χ1) is 14.9. The normalized spacial score (nSPS) is 11.2. The van der Waals surface area contributed by atoms with Gasteiger partial charge in [0.25, 0.3) is 5.91 Å².